The van der Waals surface area contributed by atoms with Gasteiger partial charge in [-0.15, -0.1) is 0 Å². The highest BCUT2D eigenvalue weighted by Crippen LogP contribution is 2.33. The predicted molar refractivity (Wildman–Crippen MR) is 102 cm³/mol. The summed E-state index contributed by atoms with van der Waals surface area (Å²) in [5, 5.41) is 6.03. The first-order valence-corrected chi connectivity index (χ1v) is 8.79. The fourth-order valence-electron chi connectivity index (χ4n) is 2.62. The maximum atomic E-state index is 14.2. The van der Waals surface area contributed by atoms with Gasteiger partial charge < -0.3 is 14.6 Å². The number of carbonyl (C=O) groups excluding carboxylic acids is 2. The minimum Gasteiger partial charge on any atom is -0.452 e. The maximum Gasteiger partial charge on any atom is 0.344 e. The van der Waals surface area contributed by atoms with Crippen LogP contribution in [0.15, 0.2) is 40.9 Å². The molecule has 0 saturated heterocycles. The molecule has 1 aromatic heterocycles. The van der Waals surface area contributed by atoms with Gasteiger partial charge in [0.2, 0.25) is 0 Å². The number of aryl methyl sites for hydroxylation is 2. The Balaban J connectivity index is 1.75. The van der Waals surface area contributed by atoms with Crippen LogP contribution in [0, 0.1) is 25.5 Å². The van der Waals surface area contributed by atoms with Crippen LogP contribution in [0.2, 0.25) is 5.02 Å². The van der Waals surface area contributed by atoms with Gasteiger partial charge in [0.25, 0.3) is 5.91 Å². The fraction of sp³-hybridized carbons (Fsp3) is 0.150. The second-order valence-corrected chi connectivity index (χ2v) is 6.57. The van der Waals surface area contributed by atoms with Crippen LogP contribution in [0.4, 0.5) is 14.5 Å². The SMILES string of the molecule is Cc1ccc(NC(=O)COC(=O)c2c(-c3c(F)cccc3Cl)noc2C)c(F)c1. The summed E-state index contributed by atoms with van der Waals surface area (Å²) in [6.07, 6.45) is 0. The van der Waals surface area contributed by atoms with Gasteiger partial charge >= 0.3 is 5.97 Å². The number of ether oxygens (including phenoxy) is 1. The van der Waals surface area contributed by atoms with Crippen LogP contribution in [0.3, 0.4) is 0 Å². The molecule has 1 N–H and O–H groups in total. The van der Waals surface area contributed by atoms with Crippen LogP contribution in [-0.2, 0) is 9.53 Å². The van der Waals surface area contributed by atoms with E-state index < -0.39 is 30.1 Å². The number of rotatable bonds is 5. The van der Waals surface area contributed by atoms with Gasteiger partial charge in [-0.2, -0.15) is 0 Å². The highest BCUT2D eigenvalue weighted by Gasteiger charge is 2.27. The van der Waals surface area contributed by atoms with E-state index in [-0.39, 0.29) is 33.3 Å². The summed E-state index contributed by atoms with van der Waals surface area (Å²) in [5.74, 6) is -2.96. The average Bonchev–Trinajstić information content (AvgIpc) is 3.03. The Bertz CT molecular complexity index is 1080. The van der Waals surface area contributed by atoms with Crippen molar-refractivity contribution in [3.63, 3.8) is 0 Å². The van der Waals surface area contributed by atoms with Crippen LogP contribution in [-0.4, -0.2) is 23.6 Å². The number of nitrogens with zero attached hydrogens (tertiary/aromatic N) is 1. The van der Waals surface area contributed by atoms with Crippen molar-refractivity contribution in [3.05, 3.63) is 69.9 Å². The van der Waals surface area contributed by atoms with E-state index in [1.54, 1.807) is 13.0 Å². The summed E-state index contributed by atoms with van der Waals surface area (Å²) in [7, 11) is 0. The van der Waals surface area contributed by atoms with E-state index in [4.69, 9.17) is 20.9 Å². The molecule has 0 aliphatic rings. The lowest BCUT2D eigenvalue weighted by Crippen LogP contribution is -2.22. The third kappa shape index (κ3) is 4.43. The number of esters is 1. The van der Waals surface area contributed by atoms with Crippen molar-refractivity contribution in [1.29, 1.82) is 0 Å². The molecule has 3 aromatic rings. The van der Waals surface area contributed by atoms with Gasteiger partial charge in [-0.1, -0.05) is 28.9 Å². The molecule has 9 heteroatoms. The number of amides is 1. The van der Waals surface area contributed by atoms with Crippen molar-refractivity contribution >= 4 is 29.2 Å². The van der Waals surface area contributed by atoms with E-state index in [0.717, 1.165) is 6.07 Å². The van der Waals surface area contributed by atoms with E-state index in [9.17, 15) is 18.4 Å². The molecule has 0 fully saturated rings. The molecule has 0 bridgehead atoms. The zero-order valence-corrected chi connectivity index (χ0v) is 16.1. The van der Waals surface area contributed by atoms with Gasteiger partial charge in [-0.05, 0) is 43.7 Å². The Labute approximate surface area is 169 Å². The molecule has 150 valence electrons. The van der Waals surface area contributed by atoms with Gasteiger partial charge in [-0.3, -0.25) is 4.79 Å². The zero-order chi connectivity index (χ0) is 21.1. The Morgan fingerprint density at radius 2 is 1.93 bits per heavy atom. The second kappa shape index (κ2) is 8.40. The summed E-state index contributed by atoms with van der Waals surface area (Å²) in [6.45, 7) is 2.45. The molecule has 6 nitrogen and oxygen atoms in total. The van der Waals surface area contributed by atoms with Gasteiger partial charge in [0, 0.05) is 0 Å². The quantitative estimate of drug-likeness (QED) is 0.606. The van der Waals surface area contributed by atoms with Crippen molar-refractivity contribution in [3.8, 4) is 11.3 Å². The van der Waals surface area contributed by atoms with Gasteiger partial charge in [-0.25, -0.2) is 13.6 Å². The highest BCUT2D eigenvalue weighted by molar-refractivity contribution is 6.33. The molecule has 0 spiro atoms. The number of hydrogen-bond donors (Lipinski definition) is 1. The number of halogens is 3. The molecule has 29 heavy (non-hydrogen) atoms. The molecule has 0 saturated carbocycles. The van der Waals surface area contributed by atoms with Crippen molar-refractivity contribution in [2.45, 2.75) is 13.8 Å². The first kappa shape index (κ1) is 20.5. The molecule has 2 aromatic carbocycles. The summed E-state index contributed by atoms with van der Waals surface area (Å²) >= 11 is 6.02. The standard InChI is InChI=1S/C20H15ClF2N2O4/c1-10-6-7-15(14(23)8-10)24-16(26)9-28-20(27)17-11(2)29-25-19(17)18-12(21)4-3-5-13(18)22/h3-8H,9H2,1-2H3,(H,24,26). The topological polar surface area (TPSA) is 81.4 Å². The first-order valence-electron chi connectivity index (χ1n) is 8.41. The van der Waals surface area contributed by atoms with Crippen LogP contribution in [0.25, 0.3) is 11.3 Å². The average molecular weight is 421 g/mol. The number of aromatic nitrogens is 1. The zero-order valence-electron chi connectivity index (χ0n) is 15.4. The molecule has 1 amide bonds. The van der Waals surface area contributed by atoms with E-state index in [1.165, 1.54) is 31.2 Å². The third-order valence-corrected chi connectivity index (χ3v) is 4.31. The second-order valence-electron chi connectivity index (χ2n) is 6.17. The van der Waals surface area contributed by atoms with Gasteiger partial charge in [0.15, 0.2) is 6.61 Å². The molecular weight excluding hydrogens is 406 g/mol. The van der Waals surface area contributed by atoms with Crippen molar-refractivity contribution in [2.75, 3.05) is 11.9 Å². The predicted octanol–water partition coefficient (Wildman–Crippen LogP) is 4.69. The van der Waals surface area contributed by atoms with E-state index in [1.807, 2.05) is 0 Å². The number of nitrogens with one attached hydrogen (secondary N) is 1. The van der Waals surface area contributed by atoms with Gasteiger partial charge in [0.1, 0.15) is 28.7 Å². The monoisotopic (exact) mass is 420 g/mol. The molecule has 0 unspecified atom stereocenters. The van der Waals surface area contributed by atoms with Crippen molar-refractivity contribution < 1.29 is 27.6 Å². The lowest BCUT2D eigenvalue weighted by Gasteiger charge is -2.09. The van der Waals surface area contributed by atoms with Crippen LogP contribution < -0.4 is 5.32 Å². The number of anilines is 1. The minimum absolute atomic E-state index is 0.0277. The lowest BCUT2D eigenvalue weighted by atomic mass is 10.1. The minimum atomic E-state index is -0.961. The Morgan fingerprint density at radius 3 is 2.62 bits per heavy atom. The Hall–Kier alpha value is -3.26. The summed E-state index contributed by atoms with van der Waals surface area (Å²) < 4.78 is 38.0. The smallest absolute Gasteiger partial charge is 0.344 e. The van der Waals surface area contributed by atoms with Crippen LogP contribution in [0.5, 0.6) is 0 Å². The highest BCUT2D eigenvalue weighted by atomic mass is 35.5. The van der Waals surface area contributed by atoms with Crippen LogP contribution >= 0.6 is 11.6 Å². The number of benzene rings is 2. The molecule has 0 atom stereocenters. The first-order chi connectivity index (χ1) is 13.8. The lowest BCUT2D eigenvalue weighted by molar-refractivity contribution is -0.119. The van der Waals surface area contributed by atoms with Crippen molar-refractivity contribution in [1.82, 2.24) is 5.16 Å². The molecule has 0 aliphatic heterocycles. The van der Waals surface area contributed by atoms with Gasteiger partial charge in [0.05, 0.1) is 16.3 Å². The number of hydrogen-bond acceptors (Lipinski definition) is 5. The largest absolute Gasteiger partial charge is 0.452 e. The third-order valence-electron chi connectivity index (χ3n) is 4.00. The molecule has 3 rings (SSSR count). The Morgan fingerprint density at radius 1 is 1.17 bits per heavy atom. The maximum absolute atomic E-state index is 14.2. The van der Waals surface area contributed by atoms with E-state index >= 15 is 0 Å². The van der Waals surface area contributed by atoms with E-state index in [0.29, 0.717) is 5.56 Å². The number of carbonyl (C=O) groups is 2. The van der Waals surface area contributed by atoms with Crippen molar-refractivity contribution in [2.24, 2.45) is 0 Å². The molecular formula is C20H15ClF2N2O4. The molecule has 0 radical (unpaired) electrons. The normalized spacial score (nSPS) is 10.7. The molecule has 0 aliphatic carbocycles. The summed E-state index contributed by atoms with van der Waals surface area (Å²) in [5.41, 5.74) is 0.224. The summed E-state index contributed by atoms with van der Waals surface area (Å²) in [4.78, 5) is 24.5. The summed E-state index contributed by atoms with van der Waals surface area (Å²) in [6, 6.07) is 8.27. The van der Waals surface area contributed by atoms with Crippen LogP contribution in [0.1, 0.15) is 21.7 Å². The molecule has 1 heterocycles. The van der Waals surface area contributed by atoms with E-state index in [2.05, 4.69) is 10.5 Å². The fourth-order valence-corrected chi connectivity index (χ4v) is 2.87. The Kier molecular flexibility index (Phi) is 5.93.